The van der Waals surface area contributed by atoms with Crippen LogP contribution < -0.4 is 5.32 Å². The van der Waals surface area contributed by atoms with Gasteiger partial charge in [0.05, 0.1) is 12.1 Å². The van der Waals surface area contributed by atoms with Crippen molar-refractivity contribution in [2.24, 2.45) is 0 Å². The van der Waals surface area contributed by atoms with Gasteiger partial charge in [0.2, 0.25) is 5.91 Å². The molecule has 1 N–H and O–H groups in total. The summed E-state index contributed by atoms with van der Waals surface area (Å²) >= 11 is 0. The standard InChI is InChI=1S/C19H24N4O2/c1-12(11-25-4)20-18(24)10-9-15-13(2)21-19-16-7-5-6-8-17(16)22-23(19)14(15)3/h5-8,12H,9-11H2,1-4H3,(H,20,24)/t12-/m1/s1. The Morgan fingerprint density at radius 1 is 1.32 bits per heavy atom. The largest absolute Gasteiger partial charge is 0.383 e. The summed E-state index contributed by atoms with van der Waals surface area (Å²) in [7, 11) is 1.63. The van der Waals surface area contributed by atoms with Gasteiger partial charge >= 0.3 is 0 Å². The first-order valence-corrected chi connectivity index (χ1v) is 8.53. The second-order valence-corrected chi connectivity index (χ2v) is 6.44. The number of hydrogen-bond acceptors (Lipinski definition) is 4. The lowest BCUT2D eigenvalue weighted by molar-refractivity contribution is -0.122. The van der Waals surface area contributed by atoms with Crippen LogP contribution in [0.5, 0.6) is 0 Å². The third-order valence-corrected chi connectivity index (χ3v) is 4.44. The molecule has 3 rings (SSSR count). The maximum absolute atomic E-state index is 12.1. The first-order chi connectivity index (χ1) is 12.0. The van der Waals surface area contributed by atoms with Crippen LogP contribution in [0.4, 0.5) is 0 Å². The zero-order valence-corrected chi connectivity index (χ0v) is 15.2. The molecule has 3 aromatic rings. The summed E-state index contributed by atoms with van der Waals surface area (Å²) in [5.74, 6) is 0.0223. The van der Waals surface area contributed by atoms with E-state index in [1.807, 2.05) is 49.6 Å². The van der Waals surface area contributed by atoms with Crippen LogP contribution in [-0.2, 0) is 16.0 Å². The Morgan fingerprint density at radius 3 is 2.84 bits per heavy atom. The molecule has 0 saturated carbocycles. The normalized spacial score (nSPS) is 12.6. The Morgan fingerprint density at radius 2 is 2.08 bits per heavy atom. The highest BCUT2D eigenvalue weighted by Crippen LogP contribution is 2.22. The fraction of sp³-hybridized carbons (Fsp3) is 0.421. The van der Waals surface area contributed by atoms with Crippen LogP contribution >= 0.6 is 0 Å². The van der Waals surface area contributed by atoms with E-state index in [-0.39, 0.29) is 11.9 Å². The van der Waals surface area contributed by atoms with Crippen molar-refractivity contribution in [1.82, 2.24) is 19.9 Å². The molecule has 2 aromatic heterocycles. The number of nitrogens with one attached hydrogen (secondary N) is 1. The summed E-state index contributed by atoms with van der Waals surface area (Å²) < 4.78 is 6.93. The van der Waals surface area contributed by atoms with Gasteiger partial charge in [-0.1, -0.05) is 12.1 Å². The van der Waals surface area contributed by atoms with Crippen LogP contribution in [0.25, 0.3) is 16.6 Å². The molecule has 0 aliphatic rings. The minimum atomic E-state index is 0.0108. The van der Waals surface area contributed by atoms with Crippen LogP contribution in [0.15, 0.2) is 24.3 Å². The Hall–Kier alpha value is -2.47. The molecule has 0 aliphatic carbocycles. The number of methoxy groups -OCH3 is 1. The van der Waals surface area contributed by atoms with Gasteiger partial charge in [-0.05, 0) is 44.9 Å². The van der Waals surface area contributed by atoms with Crippen molar-refractivity contribution in [2.45, 2.75) is 39.7 Å². The van der Waals surface area contributed by atoms with Gasteiger partial charge in [0.25, 0.3) is 0 Å². The summed E-state index contributed by atoms with van der Waals surface area (Å²) in [6.45, 7) is 6.47. The zero-order chi connectivity index (χ0) is 18.0. The second-order valence-electron chi connectivity index (χ2n) is 6.44. The third-order valence-electron chi connectivity index (χ3n) is 4.44. The summed E-state index contributed by atoms with van der Waals surface area (Å²) in [5.41, 5.74) is 4.87. The monoisotopic (exact) mass is 340 g/mol. The number of carbonyl (C=O) groups is 1. The van der Waals surface area contributed by atoms with Crippen molar-refractivity contribution < 1.29 is 9.53 Å². The van der Waals surface area contributed by atoms with E-state index < -0.39 is 0 Å². The van der Waals surface area contributed by atoms with Crippen molar-refractivity contribution in [1.29, 1.82) is 0 Å². The van der Waals surface area contributed by atoms with Gasteiger partial charge in [-0.2, -0.15) is 5.10 Å². The van der Waals surface area contributed by atoms with Crippen LogP contribution in [-0.4, -0.2) is 40.3 Å². The number of aryl methyl sites for hydroxylation is 2. The number of amides is 1. The van der Waals surface area contributed by atoms with Gasteiger partial charge in [-0.15, -0.1) is 0 Å². The lowest BCUT2D eigenvalue weighted by Crippen LogP contribution is -2.35. The molecule has 0 aliphatic heterocycles. The van der Waals surface area contributed by atoms with Gasteiger partial charge in [0, 0.05) is 36.3 Å². The van der Waals surface area contributed by atoms with Crippen molar-refractivity contribution >= 4 is 22.5 Å². The molecule has 6 nitrogen and oxygen atoms in total. The van der Waals surface area contributed by atoms with E-state index in [1.54, 1.807) is 7.11 Å². The molecule has 132 valence electrons. The Bertz CT molecular complexity index is 917. The maximum Gasteiger partial charge on any atom is 0.220 e. The number of hydrogen-bond donors (Lipinski definition) is 1. The molecule has 6 heteroatoms. The molecular formula is C19H24N4O2. The van der Waals surface area contributed by atoms with E-state index in [0.717, 1.165) is 33.5 Å². The first kappa shape index (κ1) is 17.4. The Balaban J connectivity index is 1.84. The summed E-state index contributed by atoms with van der Waals surface area (Å²) in [5, 5.41) is 8.64. The van der Waals surface area contributed by atoms with Gasteiger partial charge in [-0.3, -0.25) is 4.79 Å². The molecule has 0 spiro atoms. The minimum absolute atomic E-state index is 0.0108. The molecule has 1 atom stereocenters. The predicted octanol–water partition coefficient (Wildman–Crippen LogP) is 2.58. The highest BCUT2D eigenvalue weighted by molar-refractivity contribution is 5.92. The molecule has 0 bridgehead atoms. The number of fused-ring (bicyclic) bond motifs is 3. The fourth-order valence-electron chi connectivity index (χ4n) is 3.22. The number of carbonyl (C=O) groups excluding carboxylic acids is 1. The number of benzene rings is 1. The Labute approximate surface area is 147 Å². The van der Waals surface area contributed by atoms with Gasteiger partial charge in [0.15, 0.2) is 5.65 Å². The molecule has 0 saturated heterocycles. The topological polar surface area (TPSA) is 68.5 Å². The molecular weight excluding hydrogens is 316 g/mol. The van der Waals surface area contributed by atoms with Gasteiger partial charge in [0.1, 0.15) is 0 Å². The molecule has 2 heterocycles. The van der Waals surface area contributed by atoms with Gasteiger partial charge < -0.3 is 10.1 Å². The zero-order valence-electron chi connectivity index (χ0n) is 15.2. The smallest absolute Gasteiger partial charge is 0.220 e. The quantitative estimate of drug-likeness (QED) is 0.749. The van der Waals surface area contributed by atoms with E-state index in [1.165, 1.54) is 0 Å². The van der Waals surface area contributed by atoms with Gasteiger partial charge in [-0.25, -0.2) is 9.50 Å². The SMILES string of the molecule is COC[C@@H](C)NC(=O)CCc1c(C)nc2c3ccccc3nn2c1C. The molecule has 25 heavy (non-hydrogen) atoms. The van der Waals surface area contributed by atoms with Crippen LogP contribution in [0, 0.1) is 13.8 Å². The highest BCUT2D eigenvalue weighted by Gasteiger charge is 2.15. The molecule has 1 amide bonds. The van der Waals surface area contributed by atoms with Crippen LogP contribution in [0.3, 0.4) is 0 Å². The predicted molar refractivity (Wildman–Crippen MR) is 97.8 cm³/mol. The van der Waals surface area contributed by atoms with Crippen molar-refractivity contribution in [3.63, 3.8) is 0 Å². The lowest BCUT2D eigenvalue weighted by Gasteiger charge is -2.14. The van der Waals surface area contributed by atoms with E-state index in [9.17, 15) is 4.79 Å². The summed E-state index contributed by atoms with van der Waals surface area (Å²) in [6, 6.07) is 8.01. The van der Waals surface area contributed by atoms with Crippen molar-refractivity contribution in [3.8, 4) is 0 Å². The van der Waals surface area contributed by atoms with Crippen molar-refractivity contribution in [3.05, 3.63) is 41.2 Å². The van der Waals surface area contributed by atoms with E-state index >= 15 is 0 Å². The molecule has 1 aromatic carbocycles. The number of rotatable bonds is 6. The molecule has 0 fully saturated rings. The van der Waals surface area contributed by atoms with E-state index in [2.05, 4.69) is 10.4 Å². The number of nitrogens with zero attached hydrogens (tertiary/aromatic N) is 3. The van der Waals surface area contributed by atoms with E-state index in [0.29, 0.717) is 19.4 Å². The highest BCUT2D eigenvalue weighted by atomic mass is 16.5. The lowest BCUT2D eigenvalue weighted by atomic mass is 10.1. The second kappa shape index (κ2) is 7.19. The Kier molecular flexibility index (Phi) is 4.99. The number of ether oxygens (including phenoxy) is 1. The van der Waals surface area contributed by atoms with E-state index in [4.69, 9.17) is 9.72 Å². The maximum atomic E-state index is 12.1. The summed E-state index contributed by atoms with van der Waals surface area (Å²) in [4.78, 5) is 16.9. The number of aromatic nitrogens is 3. The van der Waals surface area contributed by atoms with Crippen molar-refractivity contribution in [2.75, 3.05) is 13.7 Å². The average molecular weight is 340 g/mol. The minimum Gasteiger partial charge on any atom is -0.383 e. The fourth-order valence-corrected chi connectivity index (χ4v) is 3.22. The molecule has 0 unspecified atom stereocenters. The molecule has 0 radical (unpaired) electrons. The average Bonchev–Trinajstić information content (AvgIpc) is 2.94. The third kappa shape index (κ3) is 3.49. The van der Waals surface area contributed by atoms with Crippen LogP contribution in [0.2, 0.25) is 0 Å². The van der Waals surface area contributed by atoms with Crippen LogP contribution in [0.1, 0.15) is 30.3 Å². The summed E-state index contributed by atoms with van der Waals surface area (Å²) in [6.07, 6.45) is 1.06. The first-order valence-electron chi connectivity index (χ1n) is 8.53.